The third kappa shape index (κ3) is 2.15. The van der Waals surface area contributed by atoms with Gasteiger partial charge in [-0.15, -0.1) is 0 Å². The number of nitrogens with zero attached hydrogens (tertiary/aromatic N) is 2. The van der Waals surface area contributed by atoms with Crippen LogP contribution in [0.25, 0.3) is 10.9 Å². The topological polar surface area (TPSA) is 16.1 Å². The first-order chi connectivity index (χ1) is 9.10. The van der Waals surface area contributed by atoms with E-state index in [0.29, 0.717) is 0 Å². The number of likely N-dealkylation sites (N-methyl/N-ethyl adjacent to an activating group) is 1. The van der Waals surface area contributed by atoms with Crippen molar-refractivity contribution in [3.8, 4) is 0 Å². The molecule has 2 nitrogen and oxygen atoms in total. The van der Waals surface area contributed by atoms with Gasteiger partial charge >= 0.3 is 0 Å². The zero-order valence-electron chi connectivity index (χ0n) is 11.8. The van der Waals surface area contributed by atoms with Gasteiger partial charge in [-0.1, -0.05) is 11.6 Å². The van der Waals surface area contributed by atoms with Gasteiger partial charge in [-0.2, -0.15) is 12.6 Å². The molecule has 0 radical (unpaired) electrons. The first-order valence-corrected chi connectivity index (χ1v) is 7.44. The molecule has 0 saturated carbocycles. The fourth-order valence-electron chi connectivity index (χ4n) is 3.10. The smallest absolute Gasteiger partial charge is 0.0737 e. The molecule has 1 aliphatic heterocycles. The summed E-state index contributed by atoms with van der Waals surface area (Å²) in [5.74, 6) is 0.790. The molecule has 0 amide bonds. The highest BCUT2D eigenvalue weighted by atomic mass is 32.1. The Kier molecular flexibility index (Phi) is 3.27. The van der Waals surface area contributed by atoms with Gasteiger partial charge < -0.3 is 4.90 Å². The maximum atomic E-state index is 4.94. The number of pyridine rings is 1. The molecule has 100 valence electrons. The van der Waals surface area contributed by atoms with Crippen molar-refractivity contribution in [1.29, 1.82) is 0 Å². The Morgan fingerprint density at radius 1 is 1.32 bits per heavy atom. The predicted molar refractivity (Wildman–Crippen MR) is 83.9 cm³/mol. The molecule has 1 aromatic heterocycles. The van der Waals surface area contributed by atoms with Crippen LogP contribution < -0.4 is 0 Å². The predicted octanol–water partition coefficient (Wildman–Crippen LogP) is 3.27. The average molecular weight is 272 g/mol. The number of rotatable bonds is 1. The van der Waals surface area contributed by atoms with Crippen LogP contribution in [0.4, 0.5) is 0 Å². The molecule has 3 rings (SSSR count). The van der Waals surface area contributed by atoms with E-state index in [1.807, 2.05) is 0 Å². The van der Waals surface area contributed by atoms with Crippen LogP contribution in [0.3, 0.4) is 0 Å². The SMILES string of the molecule is Cc1cc(C)c2nc3c(c(CS)c2c1)CN(C)CC3. The maximum Gasteiger partial charge on any atom is 0.0737 e. The average Bonchev–Trinajstić information content (AvgIpc) is 2.36. The zero-order valence-corrected chi connectivity index (χ0v) is 12.7. The number of hydrogen-bond acceptors (Lipinski definition) is 3. The molecule has 1 aromatic carbocycles. The van der Waals surface area contributed by atoms with Gasteiger partial charge in [0.25, 0.3) is 0 Å². The second kappa shape index (κ2) is 4.80. The molecule has 0 bridgehead atoms. The van der Waals surface area contributed by atoms with E-state index < -0.39 is 0 Å². The maximum absolute atomic E-state index is 4.94. The second-order valence-electron chi connectivity index (χ2n) is 5.64. The standard InChI is InChI=1S/C16H20N2S/c1-10-6-11(2)16-12(7-10)14(9-19)13-8-18(3)5-4-15(13)17-16/h6-7,19H,4-5,8-9H2,1-3H3. The third-order valence-corrected chi connectivity index (χ3v) is 4.36. The van der Waals surface area contributed by atoms with Crippen LogP contribution in [0.5, 0.6) is 0 Å². The fraction of sp³-hybridized carbons (Fsp3) is 0.438. The number of fused-ring (bicyclic) bond motifs is 2. The number of benzene rings is 1. The van der Waals surface area contributed by atoms with Gasteiger partial charge in [-0.25, -0.2) is 0 Å². The van der Waals surface area contributed by atoms with E-state index in [2.05, 4.69) is 50.6 Å². The molecule has 0 spiro atoms. The number of thiol groups is 1. The Labute approximate surface area is 120 Å². The lowest BCUT2D eigenvalue weighted by Crippen LogP contribution is -2.28. The Morgan fingerprint density at radius 3 is 2.84 bits per heavy atom. The summed E-state index contributed by atoms with van der Waals surface area (Å²) in [6.07, 6.45) is 1.05. The second-order valence-corrected chi connectivity index (χ2v) is 5.96. The lowest BCUT2D eigenvalue weighted by molar-refractivity contribution is 0.309. The first-order valence-electron chi connectivity index (χ1n) is 6.81. The Morgan fingerprint density at radius 2 is 2.11 bits per heavy atom. The van der Waals surface area contributed by atoms with E-state index >= 15 is 0 Å². The van der Waals surface area contributed by atoms with Crippen molar-refractivity contribution in [2.45, 2.75) is 32.6 Å². The highest BCUT2D eigenvalue weighted by Gasteiger charge is 2.20. The molecular formula is C16H20N2S. The zero-order chi connectivity index (χ0) is 13.6. The summed E-state index contributed by atoms with van der Waals surface area (Å²) in [7, 11) is 2.18. The Bertz CT molecular complexity index is 649. The van der Waals surface area contributed by atoms with Crippen LogP contribution in [0.1, 0.15) is 27.9 Å². The molecule has 0 atom stereocenters. The van der Waals surface area contributed by atoms with Gasteiger partial charge in [0.2, 0.25) is 0 Å². The number of aryl methyl sites for hydroxylation is 2. The van der Waals surface area contributed by atoms with Gasteiger partial charge in [-0.3, -0.25) is 4.98 Å². The van der Waals surface area contributed by atoms with Gasteiger partial charge in [0.1, 0.15) is 0 Å². The number of aromatic nitrogens is 1. The van der Waals surface area contributed by atoms with Crippen LogP contribution in [-0.4, -0.2) is 23.5 Å². The monoisotopic (exact) mass is 272 g/mol. The van der Waals surface area contributed by atoms with Gasteiger partial charge in [0.05, 0.1) is 5.52 Å². The summed E-state index contributed by atoms with van der Waals surface area (Å²) in [6.45, 7) is 6.41. The molecule has 3 heteroatoms. The van der Waals surface area contributed by atoms with Crippen LogP contribution in [0, 0.1) is 13.8 Å². The lowest BCUT2D eigenvalue weighted by Gasteiger charge is -2.27. The molecule has 1 aliphatic rings. The van der Waals surface area contributed by atoms with Crippen LogP contribution in [0.15, 0.2) is 12.1 Å². The molecule has 0 fully saturated rings. The van der Waals surface area contributed by atoms with Crippen LogP contribution >= 0.6 is 12.6 Å². The molecule has 0 aliphatic carbocycles. The summed E-state index contributed by atoms with van der Waals surface area (Å²) in [6, 6.07) is 4.48. The molecule has 0 saturated heterocycles. The first kappa shape index (κ1) is 12.9. The summed E-state index contributed by atoms with van der Waals surface area (Å²) >= 11 is 4.57. The van der Waals surface area contributed by atoms with Crippen molar-refractivity contribution in [2.75, 3.05) is 13.6 Å². The molecule has 0 unspecified atom stereocenters. The van der Waals surface area contributed by atoms with E-state index in [1.54, 1.807) is 0 Å². The highest BCUT2D eigenvalue weighted by molar-refractivity contribution is 7.79. The van der Waals surface area contributed by atoms with Gasteiger partial charge in [0, 0.05) is 36.3 Å². The minimum absolute atomic E-state index is 0.790. The summed E-state index contributed by atoms with van der Waals surface area (Å²) < 4.78 is 0. The third-order valence-electron chi connectivity index (χ3n) is 4.05. The van der Waals surface area contributed by atoms with Crippen molar-refractivity contribution in [3.05, 3.63) is 40.1 Å². The van der Waals surface area contributed by atoms with Crippen LogP contribution in [-0.2, 0) is 18.7 Å². The largest absolute Gasteiger partial charge is 0.302 e. The molecule has 0 N–H and O–H groups in total. The van der Waals surface area contributed by atoms with Crippen molar-refractivity contribution in [3.63, 3.8) is 0 Å². The normalized spacial score (nSPS) is 15.8. The summed E-state index contributed by atoms with van der Waals surface area (Å²) in [5, 5.41) is 1.29. The van der Waals surface area contributed by atoms with Crippen molar-refractivity contribution >= 4 is 23.5 Å². The van der Waals surface area contributed by atoms with E-state index in [9.17, 15) is 0 Å². The van der Waals surface area contributed by atoms with Crippen molar-refractivity contribution < 1.29 is 0 Å². The fourth-order valence-corrected chi connectivity index (χ4v) is 3.46. The van der Waals surface area contributed by atoms with Crippen molar-refractivity contribution in [1.82, 2.24) is 9.88 Å². The van der Waals surface area contributed by atoms with Gasteiger partial charge in [0.15, 0.2) is 0 Å². The van der Waals surface area contributed by atoms with Crippen LogP contribution in [0.2, 0.25) is 0 Å². The minimum Gasteiger partial charge on any atom is -0.302 e. The molecule has 2 aromatic rings. The Hall–Kier alpha value is -1.06. The molecule has 2 heterocycles. The molecular weight excluding hydrogens is 252 g/mol. The van der Waals surface area contributed by atoms with Gasteiger partial charge in [-0.05, 0) is 43.7 Å². The highest BCUT2D eigenvalue weighted by Crippen LogP contribution is 2.31. The molecule has 19 heavy (non-hydrogen) atoms. The van der Waals surface area contributed by atoms with E-state index in [1.165, 1.54) is 33.3 Å². The van der Waals surface area contributed by atoms with E-state index in [4.69, 9.17) is 4.98 Å². The Balaban J connectivity index is 2.36. The summed E-state index contributed by atoms with van der Waals surface area (Å²) in [5.41, 5.74) is 7.81. The summed E-state index contributed by atoms with van der Waals surface area (Å²) in [4.78, 5) is 7.31. The van der Waals surface area contributed by atoms with E-state index in [-0.39, 0.29) is 0 Å². The van der Waals surface area contributed by atoms with E-state index in [0.717, 1.165) is 30.8 Å². The minimum atomic E-state index is 0.790. The quantitative estimate of drug-likeness (QED) is 0.802. The van der Waals surface area contributed by atoms with Crippen molar-refractivity contribution in [2.24, 2.45) is 0 Å². The number of hydrogen-bond donors (Lipinski definition) is 1. The lowest BCUT2D eigenvalue weighted by atomic mass is 9.94.